The van der Waals surface area contributed by atoms with Crippen LogP contribution in [0.1, 0.15) is 36.3 Å². The van der Waals surface area contributed by atoms with Gasteiger partial charge in [-0.25, -0.2) is 17.5 Å². The molecule has 0 bridgehead atoms. The molecule has 3 rings (SSSR count). The van der Waals surface area contributed by atoms with E-state index in [9.17, 15) is 17.6 Å². The van der Waals surface area contributed by atoms with Crippen molar-refractivity contribution in [3.8, 4) is 0 Å². The highest BCUT2D eigenvalue weighted by molar-refractivity contribution is 7.90. The summed E-state index contributed by atoms with van der Waals surface area (Å²) >= 11 is 0. The van der Waals surface area contributed by atoms with Crippen LogP contribution in [0.15, 0.2) is 54.6 Å². The van der Waals surface area contributed by atoms with Crippen LogP contribution in [-0.4, -0.2) is 24.6 Å². The van der Waals surface area contributed by atoms with E-state index in [0.717, 1.165) is 10.9 Å². The van der Waals surface area contributed by atoms with E-state index in [0.29, 0.717) is 12.0 Å². The van der Waals surface area contributed by atoms with E-state index in [4.69, 9.17) is 0 Å². The van der Waals surface area contributed by atoms with Gasteiger partial charge in [0, 0.05) is 16.5 Å². The Morgan fingerprint density at radius 2 is 1.79 bits per heavy atom. The number of carbonyl (C=O) groups is 1. The zero-order valence-electron chi connectivity index (χ0n) is 15.9. The number of sulfonamides is 1. The Kier molecular flexibility index (Phi) is 5.84. The number of nitrogens with zero attached hydrogens (tertiary/aromatic N) is 1. The van der Waals surface area contributed by atoms with E-state index < -0.39 is 15.9 Å². The van der Waals surface area contributed by atoms with Crippen LogP contribution in [0.5, 0.6) is 0 Å². The number of benzene rings is 2. The Hall–Kier alpha value is -2.67. The van der Waals surface area contributed by atoms with Crippen LogP contribution in [-0.2, 0) is 16.6 Å². The molecule has 0 saturated heterocycles. The van der Waals surface area contributed by atoms with Gasteiger partial charge in [-0.05, 0) is 30.5 Å². The summed E-state index contributed by atoms with van der Waals surface area (Å²) in [6, 6.07) is 15.3. The third-order valence-electron chi connectivity index (χ3n) is 4.54. The van der Waals surface area contributed by atoms with E-state index in [2.05, 4.69) is 4.72 Å². The van der Waals surface area contributed by atoms with Crippen molar-refractivity contribution in [2.24, 2.45) is 5.92 Å². The summed E-state index contributed by atoms with van der Waals surface area (Å²) in [6.45, 7) is 3.96. The molecule has 2 aromatic carbocycles. The molecule has 7 heteroatoms. The largest absolute Gasteiger partial charge is 0.332 e. The predicted octanol–water partition coefficient (Wildman–Crippen LogP) is 3.93. The topological polar surface area (TPSA) is 68.2 Å². The molecule has 0 radical (unpaired) electrons. The van der Waals surface area contributed by atoms with Crippen molar-refractivity contribution in [3.63, 3.8) is 0 Å². The van der Waals surface area contributed by atoms with E-state index in [1.54, 1.807) is 28.8 Å². The lowest BCUT2D eigenvalue weighted by molar-refractivity contribution is 0.0973. The average Bonchev–Trinajstić information content (AvgIpc) is 3.01. The minimum atomic E-state index is -3.75. The van der Waals surface area contributed by atoms with Crippen LogP contribution in [0, 0.1) is 11.7 Å². The molecule has 0 spiro atoms. The molecule has 28 heavy (non-hydrogen) atoms. The third-order valence-corrected chi connectivity index (χ3v) is 5.81. The first-order valence-electron chi connectivity index (χ1n) is 9.13. The van der Waals surface area contributed by atoms with Crippen LogP contribution < -0.4 is 4.72 Å². The highest BCUT2D eigenvalue weighted by Gasteiger charge is 2.21. The first kappa shape index (κ1) is 20.1. The van der Waals surface area contributed by atoms with Crippen molar-refractivity contribution >= 4 is 26.8 Å². The first-order valence-corrected chi connectivity index (χ1v) is 10.8. The number of hydrogen-bond acceptors (Lipinski definition) is 3. The average molecular weight is 402 g/mol. The maximum absolute atomic E-state index is 14.2. The van der Waals surface area contributed by atoms with E-state index in [1.807, 2.05) is 38.1 Å². The smallest absolute Gasteiger partial charge is 0.281 e. The molecule has 0 unspecified atom stereocenters. The number of aromatic nitrogens is 1. The summed E-state index contributed by atoms with van der Waals surface area (Å²) in [5.41, 5.74) is 1.33. The van der Waals surface area contributed by atoms with Crippen molar-refractivity contribution in [2.75, 3.05) is 5.75 Å². The van der Waals surface area contributed by atoms with Gasteiger partial charge in [-0.2, -0.15) is 0 Å². The van der Waals surface area contributed by atoms with Gasteiger partial charge in [-0.3, -0.25) is 4.79 Å². The fraction of sp³-hybridized carbons (Fsp3) is 0.286. The van der Waals surface area contributed by atoms with Gasteiger partial charge in [0.2, 0.25) is 10.0 Å². The molecule has 0 atom stereocenters. The molecular formula is C21H23FN2O3S. The Morgan fingerprint density at radius 1 is 1.11 bits per heavy atom. The second kappa shape index (κ2) is 8.14. The maximum atomic E-state index is 14.2. The maximum Gasteiger partial charge on any atom is 0.281 e. The van der Waals surface area contributed by atoms with Crippen LogP contribution in [0.3, 0.4) is 0 Å². The van der Waals surface area contributed by atoms with Crippen molar-refractivity contribution in [1.82, 2.24) is 9.29 Å². The predicted molar refractivity (Wildman–Crippen MR) is 108 cm³/mol. The molecular weight excluding hydrogens is 379 g/mol. The van der Waals surface area contributed by atoms with E-state index in [1.165, 1.54) is 6.07 Å². The van der Waals surface area contributed by atoms with Crippen LogP contribution >= 0.6 is 0 Å². The normalized spacial score (nSPS) is 11.9. The highest BCUT2D eigenvalue weighted by atomic mass is 32.2. The zero-order chi connectivity index (χ0) is 20.3. The quantitative estimate of drug-likeness (QED) is 0.651. The molecule has 1 N–H and O–H groups in total. The van der Waals surface area contributed by atoms with Crippen molar-refractivity contribution < 1.29 is 17.6 Å². The summed E-state index contributed by atoms with van der Waals surface area (Å²) in [5, 5.41) is 0.781. The monoisotopic (exact) mass is 402 g/mol. The van der Waals surface area contributed by atoms with Gasteiger partial charge in [-0.1, -0.05) is 50.2 Å². The highest BCUT2D eigenvalue weighted by Crippen LogP contribution is 2.22. The van der Waals surface area contributed by atoms with Gasteiger partial charge in [0.1, 0.15) is 11.5 Å². The SMILES string of the molecule is CC(C)CCS(=O)(=O)NC(=O)c1cc2ccccc2n1Cc1ccccc1F. The van der Waals surface area contributed by atoms with Crippen molar-refractivity contribution in [2.45, 2.75) is 26.8 Å². The summed E-state index contributed by atoms with van der Waals surface area (Å²) in [7, 11) is -3.75. The zero-order valence-corrected chi connectivity index (χ0v) is 16.7. The molecule has 1 aromatic heterocycles. The fourth-order valence-corrected chi connectivity index (χ4v) is 4.27. The van der Waals surface area contributed by atoms with Crippen molar-refractivity contribution in [1.29, 1.82) is 0 Å². The van der Waals surface area contributed by atoms with Gasteiger partial charge in [0.25, 0.3) is 5.91 Å². The Balaban J connectivity index is 1.96. The number of fused-ring (bicyclic) bond motifs is 1. The molecule has 0 aliphatic rings. The molecule has 0 fully saturated rings. The molecule has 5 nitrogen and oxygen atoms in total. The number of amides is 1. The lowest BCUT2D eigenvalue weighted by Gasteiger charge is -2.13. The molecule has 0 aliphatic heterocycles. The minimum absolute atomic E-state index is 0.120. The van der Waals surface area contributed by atoms with Gasteiger partial charge < -0.3 is 4.57 Å². The standard InChI is InChI=1S/C21H23FN2O3S/c1-15(2)11-12-28(26,27)23-21(25)20-13-16-7-4-6-10-19(16)24(20)14-17-8-3-5-9-18(17)22/h3-10,13,15H,11-12,14H2,1-2H3,(H,23,25). The van der Waals surface area contributed by atoms with Gasteiger partial charge >= 0.3 is 0 Å². The second-order valence-electron chi connectivity index (χ2n) is 7.20. The van der Waals surface area contributed by atoms with Crippen LogP contribution in [0.25, 0.3) is 10.9 Å². The summed E-state index contributed by atoms with van der Waals surface area (Å²) in [4.78, 5) is 12.8. The van der Waals surface area contributed by atoms with Crippen LogP contribution in [0.4, 0.5) is 4.39 Å². The Morgan fingerprint density at radius 3 is 2.50 bits per heavy atom. The van der Waals surface area contributed by atoms with Crippen LogP contribution in [0.2, 0.25) is 0 Å². The number of halogens is 1. The lowest BCUT2D eigenvalue weighted by Crippen LogP contribution is -2.34. The fourth-order valence-electron chi connectivity index (χ4n) is 3.00. The second-order valence-corrected chi connectivity index (χ2v) is 9.04. The lowest BCUT2D eigenvalue weighted by atomic mass is 10.2. The first-order chi connectivity index (χ1) is 13.3. The van der Waals surface area contributed by atoms with E-state index >= 15 is 0 Å². The molecule has 148 valence electrons. The molecule has 0 saturated carbocycles. The van der Waals surface area contributed by atoms with Gasteiger partial charge in [0.15, 0.2) is 0 Å². The summed E-state index contributed by atoms with van der Waals surface area (Å²) < 4.78 is 42.5. The Labute approximate surface area is 164 Å². The third kappa shape index (κ3) is 4.59. The summed E-state index contributed by atoms with van der Waals surface area (Å²) in [6.07, 6.45) is 0.459. The number of nitrogens with one attached hydrogen (secondary N) is 1. The van der Waals surface area contributed by atoms with E-state index in [-0.39, 0.29) is 29.7 Å². The molecule has 3 aromatic rings. The number of hydrogen-bond donors (Lipinski definition) is 1. The Bertz CT molecular complexity index is 1100. The number of carbonyl (C=O) groups excluding carboxylic acids is 1. The number of rotatable bonds is 7. The van der Waals surface area contributed by atoms with Gasteiger partial charge in [0.05, 0.1) is 12.3 Å². The summed E-state index contributed by atoms with van der Waals surface area (Å²) in [5.74, 6) is -1.00. The van der Waals surface area contributed by atoms with Crippen molar-refractivity contribution in [3.05, 3.63) is 71.7 Å². The minimum Gasteiger partial charge on any atom is -0.332 e. The molecule has 0 aliphatic carbocycles. The number of para-hydroxylation sites is 1. The molecule has 1 heterocycles. The molecule has 1 amide bonds. The van der Waals surface area contributed by atoms with Gasteiger partial charge in [-0.15, -0.1) is 0 Å².